The summed E-state index contributed by atoms with van der Waals surface area (Å²) in [6, 6.07) is 10.4. The van der Waals surface area contributed by atoms with Gasteiger partial charge in [-0.25, -0.2) is 0 Å². The number of furan rings is 1. The van der Waals surface area contributed by atoms with E-state index >= 15 is 0 Å². The Morgan fingerprint density at radius 1 is 1.29 bits per heavy atom. The summed E-state index contributed by atoms with van der Waals surface area (Å²) in [4.78, 5) is 11.3. The van der Waals surface area contributed by atoms with Crippen molar-refractivity contribution in [2.45, 2.75) is 19.1 Å². The van der Waals surface area contributed by atoms with Crippen LogP contribution in [0.25, 0.3) is 0 Å². The van der Waals surface area contributed by atoms with Gasteiger partial charge >= 0.3 is 5.97 Å². The maximum atomic E-state index is 11.3. The molecule has 2 N–H and O–H groups in total. The van der Waals surface area contributed by atoms with E-state index in [-0.39, 0.29) is 0 Å². The molecule has 1 atom stereocenters. The molecule has 112 valence electrons. The number of methoxy groups -OCH3 is 1. The van der Waals surface area contributed by atoms with Crippen molar-refractivity contribution in [3.8, 4) is 5.75 Å². The first-order chi connectivity index (χ1) is 10.1. The van der Waals surface area contributed by atoms with Crippen molar-refractivity contribution < 1.29 is 18.7 Å². The molecule has 0 bridgehead atoms. The summed E-state index contributed by atoms with van der Waals surface area (Å²) in [6.45, 7) is 0.302. The number of rotatable bonds is 6. The predicted molar refractivity (Wildman–Crippen MR) is 80.9 cm³/mol. The number of esters is 1. The summed E-state index contributed by atoms with van der Waals surface area (Å²) in [7, 11) is 1.31. The van der Waals surface area contributed by atoms with Crippen LogP contribution in [0.15, 0.2) is 45.3 Å². The second-order valence-electron chi connectivity index (χ2n) is 4.42. The molecule has 6 heteroatoms. The van der Waals surface area contributed by atoms with Crippen LogP contribution in [0, 0.1) is 0 Å². The summed E-state index contributed by atoms with van der Waals surface area (Å²) >= 11 is 3.41. The van der Waals surface area contributed by atoms with Gasteiger partial charge in [0.2, 0.25) is 0 Å². The molecule has 0 aliphatic heterocycles. The van der Waals surface area contributed by atoms with Gasteiger partial charge in [-0.05, 0) is 40.2 Å². The van der Waals surface area contributed by atoms with Gasteiger partial charge in [-0.1, -0.05) is 12.1 Å². The maximum Gasteiger partial charge on any atom is 0.323 e. The first kappa shape index (κ1) is 15.6. The van der Waals surface area contributed by atoms with E-state index in [0.717, 1.165) is 10.2 Å². The number of hydrogen-bond donors (Lipinski definition) is 1. The lowest BCUT2D eigenvalue weighted by Crippen LogP contribution is -2.33. The van der Waals surface area contributed by atoms with Crippen LogP contribution in [-0.2, 0) is 22.6 Å². The summed E-state index contributed by atoms with van der Waals surface area (Å²) < 4.78 is 16.7. The SMILES string of the molecule is COC(=O)C(N)Cc1ccc(COc2ccccc2Br)o1. The Labute approximate surface area is 131 Å². The molecule has 0 spiro atoms. The van der Waals surface area contributed by atoms with E-state index in [0.29, 0.717) is 24.5 Å². The highest BCUT2D eigenvalue weighted by Crippen LogP contribution is 2.25. The van der Waals surface area contributed by atoms with Gasteiger partial charge in [0.1, 0.15) is 29.9 Å². The zero-order valence-electron chi connectivity index (χ0n) is 11.5. The van der Waals surface area contributed by atoms with Crippen LogP contribution in [0.4, 0.5) is 0 Å². The molecular formula is C15H16BrNO4. The van der Waals surface area contributed by atoms with Crippen LogP contribution < -0.4 is 10.5 Å². The third kappa shape index (κ3) is 4.34. The average molecular weight is 354 g/mol. The van der Waals surface area contributed by atoms with Gasteiger partial charge < -0.3 is 19.6 Å². The van der Waals surface area contributed by atoms with Gasteiger partial charge in [0, 0.05) is 6.42 Å². The zero-order valence-corrected chi connectivity index (χ0v) is 13.1. The molecule has 1 aromatic heterocycles. The van der Waals surface area contributed by atoms with Crippen molar-refractivity contribution in [3.63, 3.8) is 0 Å². The molecule has 1 heterocycles. The van der Waals surface area contributed by atoms with Gasteiger partial charge in [0.25, 0.3) is 0 Å². The number of hydrogen-bond acceptors (Lipinski definition) is 5. The van der Waals surface area contributed by atoms with Crippen molar-refractivity contribution in [2.75, 3.05) is 7.11 Å². The van der Waals surface area contributed by atoms with Crippen molar-refractivity contribution in [1.82, 2.24) is 0 Å². The molecule has 1 unspecified atom stereocenters. The third-order valence-electron chi connectivity index (χ3n) is 2.85. The van der Waals surface area contributed by atoms with Crippen molar-refractivity contribution in [1.29, 1.82) is 0 Å². The minimum Gasteiger partial charge on any atom is -0.484 e. The second kappa shape index (κ2) is 7.28. The number of halogens is 1. The van der Waals surface area contributed by atoms with E-state index in [1.807, 2.05) is 24.3 Å². The molecule has 1 aromatic carbocycles. The quantitative estimate of drug-likeness (QED) is 0.808. The maximum absolute atomic E-state index is 11.3. The fraction of sp³-hybridized carbons (Fsp3) is 0.267. The Kier molecular flexibility index (Phi) is 5.41. The zero-order chi connectivity index (χ0) is 15.2. The minimum atomic E-state index is -0.724. The van der Waals surface area contributed by atoms with Crippen molar-refractivity contribution in [2.24, 2.45) is 5.73 Å². The molecule has 0 aliphatic rings. The van der Waals surface area contributed by atoms with E-state index in [1.54, 1.807) is 12.1 Å². The lowest BCUT2D eigenvalue weighted by atomic mass is 10.2. The molecule has 2 rings (SSSR count). The molecule has 0 saturated heterocycles. The summed E-state index contributed by atoms with van der Waals surface area (Å²) in [5.41, 5.74) is 5.68. The van der Waals surface area contributed by atoms with Gasteiger partial charge in [0.15, 0.2) is 0 Å². The standard InChI is InChI=1S/C15H16BrNO4/c1-19-15(18)13(17)8-10-6-7-11(21-10)9-20-14-5-3-2-4-12(14)16/h2-7,13H,8-9,17H2,1H3. The third-order valence-corrected chi connectivity index (χ3v) is 3.50. The van der Waals surface area contributed by atoms with Crippen molar-refractivity contribution >= 4 is 21.9 Å². The molecule has 0 radical (unpaired) electrons. The average Bonchev–Trinajstić information content (AvgIpc) is 2.93. The Morgan fingerprint density at radius 3 is 2.71 bits per heavy atom. The van der Waals surface area contributed by atoms with Crippen LogP contribution in [0.1, 0.15) is 11.5 Å². The van der Waals surface area contributed by atoms with E-state index in [4.69, 9.17) is 14.9 Å². The Bertz CT molecular complexity index is 611. The Balaban J connectivity index is 1.91. The molecule has 2 aromatic rings. The number of ether oxygens (including phenoxy) is 2. The van der Waals surface area contributed by atoms with Crippen molar-refractivity contribution in [3.05, 3.63) is 52.4 Å². The highest BCUT2D eigenvalue weighted by molar-refractivity contribution is 9.10. The number of para-hydroxylation sites is 1. The molecule has 0 amide bonds. The van der Waals surface area contributed by atoms with Gasteiger partial charge in [-0.15, -0.1) is 0 Å². The number of carbonyl (C=O) groups excluding carboxylic acids is 1. The van der Waals surface area contributed by atoms with Gasteiger partial charge in [0.05, 0.1) is 11.6 Å². The fourth-order valence-corrected chi connectivity index (χ4v) is 2.17. The van der Waals surface area contributed by atoms with Crippen LogP contribution in [0.3, 0.4) is 0 Å². The van der Waals surface area contributed by atoms with Gasteiger partial charge in [-0.3, -0.25) is 4.79 Å². The minimum absolute atomic E-state index is 0.293. The Morgan fingerprint density at radius 2 is 2.00 bits per heavy atom. The summed E-state index contributed by atoms with van der Waals surface area (Å²) in [5.74, 6) is 1.57. The van der Waals surface area contributed by atoms with Crippen LogP contribution in [0.5, 0.6) is 5.75 Å². The number of nitrogens with two attached hydrogens (primary N) is 1. The molecule has 0 saturated carbocycles. The van der Waals surface area contributed by atoms with Crippen LogP contribution in [0.2, 0.25) is 0 Å². The molecule has 0 fully saturated rings. The largest absolute Gasteiger partial charge is 0.484 e. The number of carbonyl (C=O) groups is 1. The Hall–Kier alpha value is -1.79. The van der Waals surface area contributed by atoms with E-state index < -0.39 is 12.0 Å². The van der Waals surface area contributed by atoms with E-state index in [2.05, 4.69) is 20.7 Å². The van der Waals surface area contributed by atoms with Crippen LogP contribution >= 0.6 is 15.9 Å². The summed E-state index contributed by atoms with van der Waals surface area (Å²) in [5, 5.41) is 0. The van der Waals surface area contributed by atoms with Gasteiger partial charge in [-0.2, -0.15) is 0 Å². The number of benzene rings is 1. The topological polar surface area (TPSA) is 74.7 Å². The predicted octanol–water partition coefficient (Wildman–Crippen LogP) is 2.66. The first-order valence-corrected chi connectivity index (χ1v) is 7.17. The normalized spacial score (nSPS) is 12.0. The van der Waals surface area contributed by atoms with E-state index in [9.17, 15) is 4.79 Å². The molecule has 21 heavy (non-hydrogen) atoms. The molecule has 0 aliphatic carbocycles. The highest BCUT2D eigenvalue weighted by atomic mass is 79.9. The highest BCUT2D eigenvalue weighted by Gasteiger charge is 2.16. The molecular weight excluding hydrogens is 338 g/mol. The monoisotopic (exact) mass is 353 g/mol. The van der Waals surface area contributed by atoms with Crippen LogP contribution in [-0.4, -0.2) is 19.1 Å². The smallest absolute Gasteiger partial charge is 0.323 e. The molecule has 5 nitrogen and oxygen atoms in total. The fourth-order valence-electron chi connectivity index (χ4n) is 1.77. The first-order valence-electron chi connectivity index (χ1n) is 6.38. The second-order valence-corrected chi connectivity index (χ2v) is 5.28. The lowest BCUT2D eigenvalue weighted by molar-refractivity contribution is -0.142. The summed E-state index contributed by atoms with van der Waals surface area (Å²) in [6.07, 6.45) is 0.293. The lowest BCUT2D eigenvalue weighted by Gasteiger charge is -2.07. The van der Waals surface area contributed by atoms with E-state index in [1.165, 1.54) is 7.11 Å².